The van der Waals surface area contributed by atoms with Gasteiger partial charge < -0.3 is 10.1 Å². The summed E-state index contributed by atoms with van der Waals surface area (Å²) in [6, 6.07) is 8.70. The molecule has 0 radical (unpaired) electrons. The third-order valence-corrected chi connectivity index (χ3v) is 7.36. The number of likely N-dealkylation sites (N-methyl/N-ethyl adjacent to an activating group) is 1. The fourth-order valence-corrected chi connectivity index (χ4v) is 5.40. The lowest BCUT2D eigenvalue weighted by molar-refractivity contribution is -0.116. The van der Waals surface area contributed by atoms with Gasteiger partial charge in [0.15, 0.2) is 0 Å². The molecule has 146 valence electrons. The first-order valence-corrected chi connectivity index (χ1v) is 11.0. The van der Waals surface area contributed by atoms with Crippen LogP contribution in [0, 0.1) is 13.8 Å². The lowest BCUT2D eigenvalue weighted by Crippen LogP contribution is -2.35. The van der Waals surface area contributed by atoms with Gasteiger partial charge >= 0.3 is 0 Å². The van der Waals surface area contributed by atoms with Crippen molar-refractivity contribution in [2.24, 2.45) is 0 Å². The molecule has 0 aliphatic heterocycles. The van der Waals surface area contributed by atoms with Crippen LogP contribution in [0.5, 0.6) is 5.75 Å². The Bertz CT molecular complexity index is 934. The van der Waals surface area contributed by atoms with Crippen molar-refractivity contribution in [3.63, 3.8) is 0 Å². The van der Waals surface area contributed by atoms with Crippen LogP contribution in [-0.4, -0.2) is 39.3 Å². The van der Waals surface area contributed by atoms with Gasteiger partial charge in [0.25, 0.3) is 0 Å². The molecule has 0 bridgehead atoms. The molecule has 0 aliphatic rings. The zero-order valence-corrected chi connectivity index (χ0v) is 19.3. The number of methoxy groups -OCH3 is 1. The van der Waals surface area contributed by atoms with Crippen molar-refractivity contribution in [1.29, 1.82) is 0 Å². The Kier molecular flexibility index (Phi) is 7.07. The maximum atomic E-state index is 13.0. The standard InChI is InChI=1S/C18H20Br2N2O4S/c1-11-8-13(26-4)9-12(2)18(11)27(24,25)22(3)10-16(23)21-17-14(19)6-5-7-15(17)20/h5-9H,10H2,1-4H3,(H,21,23). The maximum Gasteiger partial charge on any atom is 0.243 e. The number of carbonyl (C=O) groups is 1. The van der Waals surface area contributed by atoms with Gasteiger partial charge in [0, 0.05) is 16.0 Å². The Morgan fingerprint density at radius 1 is 1.15 bits per heavy atom. The highest BCUT2D eigenvalue weighted by atomic mass is 79.9. The Hall–Kier alpha value is -1.42. The minimum absolute atomic E-state index is 0.181. The Morgan fingerprint density at radius 2 is 1.67 bits per heavy atom. The summed E-state index contributed by atoms with van der Waals surface area (Å²) in [4.78, 5) is 12.6. The van der Waals surface area contributed by atoms with E-state index in [0.29, 0.717) is 31.5 Å². The lowest BCUT2D eigenvalue weighted by atomic mass is 10.1. The van der Waals surface area contributed by atoms with Gasteiger partial charge in [0.2, 0.25) is 15.9 Å². The Labute approximate surface area is 176 Å². The van der Waals surface area contributed by atoms with Gasteiger partial charge in [0.05, 0.1) is 24.2 Å². The second kappa shape index (κ2) is 8.72. The number of benzene rings is 2. The smallest absolute Gasteiger partial charge is 0.243 e. The molecule has 0 aromatic heterocycles. The van der Waals surface area contributed by atoms with Gasteiger partial charge in [-0.1, -0.05) is 6.07 Å². The number of amides is 1. The molecule has 9 heteroatoms. The first-order valence-electron chi connectivity index (χ1n) is 7.93. The number of para-hydroxylation sites is 1. The minimum atomic E-state index is -3.84. The van der Waals surface area contributed by atoms with E-state index >= 15 is 0 Å². The molecule has 2 aromatic carbocycles. The van der Waals surface area contributed by atoms with Gasteiger partial charge in [-0.25, -0.2) is 8.42 Å². The lowest BCUT2D eigenvalue weighted by Gasteiger charge is -2.20. The molecule has 0 fully saturated rings. The van der Waals surface area contributed by atoms with Crippen LogP contribution in [0.2, 0.25) is 0 Å². The number of anilines is 1. The van der Waals surface area contributed by atoms with Crippen molar-refractivity contribution in [2.45, 2.75) is 18.7 Å². The summed E-state index contributed by atoms with van der Waals surface area (Å²) in [5, 5.41) is 2.72. The van der Waals surface area contributed by atoms with E-state index in [1.165, 1.54) is 14.2 Å². The number of carbonyl (C=O) groups excluding carboxylic acids is 1. The van der Waals surface area contributed by atoms with E-state index in [4.69, 9.17) is 4.74 Å². The number of nitrogens with zero attached hydrogens (tertiary/aromatic N) is 1. The molecule has 2 rings (SSSR count). The average molecular weight is 520 g/mol. The van der Waals surface area contributed by atoms with Crippen LogP contribution in [-0.2, 0) is 14.8 Å². The highest BCUT2D eigenvalue weighted by Crippen LogP contribution is 2.31. The Balaban J connectivity index is 2.24. The first-order chi connectivity index (χ1) is 12.6. The monoisotopic (exact) mass is 518 g/mol. The van der Waals surface area contributed by atoms with Crippen LogP contribution in [0.3, 0.4) is 0 Å². The predicted molar refractivity (Wildman–Crippen MR) is 113 cm³/mol. The number of hydrogen-bond donors (Lipinski definition) is 1. The minimum Gasteiger partial charge on any atom is -0.497 e. The van der Waals surface area contributed by atoms with Gasteiger partial charge in [-0.15, -0.1) is 0 Å². The third kappa shape index (κ3) is 4.90. The first kappa shape index (κ1) is 21.9. The van der Waals surface area contributed by atoms with Crippen molar-refractivity contribution < 1.29 is 17.9 Å². The van der Waals surface area contributed by atoms with Crippen molar-refractivity contribution in [2.75, 3.05) is 26.0 Å². The van der Waals surface area contributed by atoms with E-state index in [2.05, 4.69) is 37.2 Å². The number of rotatable bonds is 6. The van der Waals surface area contributed by atoms with Gasteiger partial charge in [-0.05, 0) is 81.1 Å². The molecule has 0 aliphatic carbocycles. The van der Waals surface area contributed by atoms with Gasteiger partial charge in [0.1, 0.15) is 5.75 Å². The normalized spacial score (nSPS) is 11.5. The molecular formula is C18H20Br2N2O4S. The third-order valence-electron chi connectivity index (χ3n) is 3.93. The van der Waals surface area contributed by atoms with Crippen LogP contribution >= 0.6 is 31.9 Å². The second-order valence-electron chi connectivity index (χ2n) is 6.00. The molecule has 0 saturated carbocycles. The Morgan fingerprint density at radius 3 is 2.15 bits per heavy atom. The molecule has 0 unspecified atom stereocenters. The predicted octanol–water partition coefficient (Wildman–Crippen LogP) is 4.10. The number of halogens is 2. The summed E-state index contributed by atoms with van der Waals surface area (Å²) in [5.74, 6) is 0.139. The van der Waals surface area contributed by atoms with Crippen molar-refractivity contribution in [1.82, 2.24) is 4.31 Å². The van der Waals surface area contributed by atoms with Crippen molar-refractivity contribution >= 4 is 53.5 Å². The molecule has 27 heavy (non-hydrogen) atoms. The van der Waals surface area contributed by atoms with E-state index < -0.39 is 15.9 Å². The SMILES string of the molecule is COc1cc(C)c(S(=O)(=O)N(C)CC(=O)Nc2c(Br)cccc2Br)c(C)c1. The van der Waals surface area contributed by atoms with E-state index in [-0.39, 0.29) is 11.4 Å². The zero-order valence-electron chi connectivity index (χ0n) is 15.3. The van der Waals surface area contributed by atoms with Crippen LogP contribution in [0.15, 0.2) is 44.2 Å². The van der Waals surface area contributed by atoms with Crippen LogP contribution in [0.4, 0.5) is 5.69 Å². The summed E-state index contributed by atoms with van der Waals surface area (Å²) in [7, 11) is -0.931. The van der Waals surface area contributed by atoms with E-state index in [1.54, 1.807) is 38.1 Å². The molecule has 1 N–H and O–H groups in total. The fraction of sp³-hybridized carbons (Fsp3) is 0.278. The van der Waals surface area contributed by atoms with Crippen LogP contribution in [0.1, 0.15) is 11.1 Å². The highest BCUT2D eigenvalue weighted by molar-refractivity contribution is 9.11. The number of aryl methyl sites for hydroxylation is 2. The fourth-order valence-electron chi connectivity index (χ4n) is 2.67. The number of hydrogen-bond acceptors (Lipinski definition) is 4. The van der Waals surface area contributed by atoms with Crippen molar-refractivity contribution in [3.05, 3.63) is 50.4 Å². The quantitative estimate of drug-likeness (QED) is 0.623. The second-order valence-corrected chi connectivity index (χ2v) is 9.69. The van der Waals surface area contributed by atoms with E-state index in [0.717, 1.165) is 4.31 Å². The summed E-state index contributed by atoms with van der Waals surface area (Å²) >= 11 is 6.72. The van der Waals surface area contributed by atoms with Gasteiger partial charge in [-0.3, -0.25) is 4.79 Å². The highest BCUT2D eigenvalue weighted by Gasteiger charge is 2.27. The average Bonchev–Trinajstić information content (AvgIpc) is 2.57. The van der Waals surface area contributed by atoms with Gasteiger partial charge in [-0.2, -0.15) is 4.31 Å². The summed E-state index contributed by atoms with van der Waals surface area (Å²) in [6.45, 7) is 3.09. The molecule has 2 aromatic rings. The number of nitrogens with one attached hydrogen (secondary N) is 1. The molecule has 1 amide bonds. The van der Waals surface area contributed by atoms with E-state index in [9.17, 15) is 13.2 Å². The molecule has 0 saturated heterocycles. The van der Waals surface area contributed by atoms with Crippen LogP contribution in [0.25, 0.3) is 0 Å². The van der Waals surface area contributed by atoms with E-state index in [1.807, 2.05) is 6.07 Å². The zero-order chi connectivity index (χ0) is 20.4. The largest absolute Gasteiger partial charge is 0.497 e. The molecule has 0 atom stereocenters. The van der Waals surface area contributed by atoms with Crippen LogP contribution < -0.4 is 10.1 Å². The molecular weight excluding hydrogens is 500 g/mol. The van der Waals surface area contributed by atoms with Crippen molar-refractivity contribution in [3.8, 4) is 5.75 Å². The maximum absolute atomic E-state index is 13.0. The molecule has 0 heterocycles. The summed E-state index contributed by atoms with van der Waals surface area (Å²) in [5.41, 5.74) is 1.67. The molecule has 0 spiro atoms. The number of sulfonamides is 1. The summed E-state index contributed by atoms with van der Waals surface area (Å²) < 4.78 is 33.6. The number of ether oxygens (including phenoxy) is 1. The summed E-state index contributed by atoms with van der Waals surface area (Å²) in [6.07, 6.45) is 0. The topological polar surface area (TPSA) is 75.7 Å². The molecule has 6 nitrogen and oxygen atoms in total.